The highest BCUT2D eigenvalue weighted by Gasteiger charge is 2.20. The van der Waals surface area contributed by atoms with Gasteiger partial charge in [-0.15, -0.1) is 0 Å². The number of nitrogens with zero attached hydrogens (tertiary/aromatic N) is 3. The molecule has 1 N–H and O–H groups in total. The number of rotatable bonds is 1. The number of hydrogen-bond donors (Lipinski definition) is 1. The van der Waals surface area contributed by atoms with E-state index in [4.69, 9.17) is 0 Å². The molecule has 0 amide bonds. The molecule has 2 aromatic heterocycles. The Hall–Kier alpha value is -1.68. The topological polar surface area (TPSA) is 44.8 Å². The van der Waals surface area contributed by atoms with Crippen LogP contribution in [0.1, 0.15) is 11.3 Å². The summed E-state index contributed by atoms with van der Waals surface area (Å²) >= 11 is 0. The van der Waals surface area contributed by atoms with Gasteiger partial charge in [-0.1, -0.05) is 0 Å². The van der Waals surface area contributed by atoms with Crippen molar-refractivity contribution in [2.24, 2.45) is 0 Å². The summed E-state index contributed by atoms with van der Waals surface area (Å²) in [5, 5.41) is 7.57. The summed E-state index contributed by atoms with van der Waals surface area (Å²) in [5.74, 6) is 0. The normalized spacial score (nSPS) is 16.1. The van der Waals surface area contributed by atoms with Crippen LogP contribution in [0, 0.1) is 0 Å². The SMILES string of the molecule is CN1CCc2[nH]nc(-c3ccncc3)c2C1. The Morgan fingerprint density at radius 1 is 1.31 bits per heavy atom. The van der Waals surface area contributed by atoms with Crippen molar-refractivity contribution in [3.63, 3.8) is 0 Å². The van der Waals surface area contributed by atoms with E-state index in [2.05, 4.69) is 27.1 Å². The number of likely N-dealkylation sites (N-methyl/N-ethyl adjacent to an activating group) is 1. The second-order valence-corrected chi connectivity index (χ2v) is 4.25. The Morgan fingerprint density at radius 3 is 2.94 bits per heavy atom. The first-order chi connectivity index (χ1) is 7.84. The third kappa shape index (κ3) is 1.51. The van der Waals surface area contributed by atoms with Crippen LogP contribution in [-0.4, -0.2) is 33.7 Å². The van der Waals surface area contributed by atoms with Crippen molar-refractivity contribution in [2.45, 2.75) is 13.0 Å². The quantitative estimate of drug-likeness (QED) is 0.781. The van der Waals surface area contributed by atoms with E-state index in [1.165, 1.54) is 11.3 Å². The van der Waals surface area contributed by atoms with Crippen molar-refractivity contribution < 1.29 is 0 Å². The molecular formula is C12H14N4. The van der Waals surface area contributed by atoms with Crippen LogP contribution in [-0.2, 0) is 13.0 Å². The van der Waals surface area contributed by atoms with Gasteiger partial charge in [0.05, 0.1) is 5.69 Å². The van der Waals surface area contributed by atoms with Crippen LogP contribution in [0.2, 0.25) is 0 Å². The summed E-state index contributed by atoms with van der Waals surface area (Å²) in [6.45, 7) is 2.08. The molecule has 0 spiro atoms. The van der Waals surface area contributed by atoms with E-state index in [0.29, 0.717) is 0 Å². The lowest BCUT2D eigenvalue weighted by molar-refractivity contribution is 0.312. The van der Waals surface area contributed by atoms with Crippen molar-refractivity contribution in [3.8, 4) is 11.3 Å². The predicted octanol–water partition coefficient (Wildman–Crippen LogP) is 1.46. The van der Waals surface area contributed by atoms with Crippen LogP contribution >= 0.6 is 0 Å². The highest BCUT2D eigenvalue weighted by Crippen LogP contribution is 2.27. The van der Waals surface area contributed by atoms with E-state index in [1.54, 1.807) is 0 Å². The minimum atomic E-state index is 0.976. The predicted molar refractivity (Wildman–Crippen MR) is 61.9 cm³/mol. The first-order valence-electron chi connectivity index (χ1n) is 5.49. The van der Waals surface area contributed by atoms with Gasteiger partial charge in [0, 0.05) is 48.7 Å². The number of fused-ring (bicyclic) bond motifs is 1. The van der Waals surface area contributed by atoms with Gasteiger partial charge in [-0.25, -0.2) is 0 Å². The van der Waals surface area contributed by atoms with E-state index in [1.807, 2.05) is 24.5 Å². The summed E-state index contributed by atoms with van der Waals surface area (Å²) in [7, 11) is 2.15. The second-order valence-electron chi connectivity index (χ2n) is 4.25. The average Bonchev–Trinajstić information content (AvgIpc) is 2.73. The molecule has 0 aromatic carbocycles. The zero-order valence-corrected chi connectivity index (χ0v) is 9.27. The summed E-state index contributed by atoms with van der Waals surface area (Å²) in [5.41, 5.74) is 4.83. The Kier molecular flexibility index (Phi) is 2.22. The largest absolute Gasteiger partial charge is 0.302 e. The third-order valence-electron chi connectivity index (χ3n) is 3.08. The fraction of sp³-hybridized carbons (Fsp3) is 0.333. The lowest BCUT2D eigenvalue weighted by atomic mass is 10.0. The Morgan fingerprint density at radius 2 is 2.12 bits per heavy atom. The van der Waals surface area contributed by atoms with Crippen molar-refractivity contribution in [1.29, 1.82) is 0 Å². The van der Waals surface area contributed by atoms with E-state index in [9.17, 15) is 0 Å². The van der Waals surface area contributed by atoms with Crippen LogP contribution in [0.25, 0.3) is 11.3 Å². The van der Waals surface area contributed by atoms with Gasteiger partial charge in [0.25, 0.3) is 0 Å². The summed E-state index contributed by atoms with van der Waals surface area (Å²) in [4.78, 5) is 6.36. The van der Waals surface area contributed by atoms with Gasteiger partial charge in [-0.2, -0.15) is 5.10 Å². The highest BCUT2D eigenvalue weighted by molar-refractivity contribution is 5.63. The molecule has 4 nitrogen and oxygen atoms in total. The van der Waals surface area contributed by atoms with Crippen LogP contribution in [0.4, 0.5) is 0 Å². The molecule has 4 heteroatoms. The molecular weight excluding hydrogens is 200 g/mol. The molecule has 2 aromatic rings. The first kappa shape index (κ1) is 9.54. The molecule has 0 atom stereocenters. The molecule has 1 aliphatic heterocycles. The van der Waals surface area contributed by atoms with Crippen molar-refractivity contribution in [1.82, 2.24) is 20.1 Å². The zero-order chi connectivity index (χ0) is 11.0. The molecule has 0 bridgehead atoms. The lowest BCUT2D eigenvalue weighted by Crippen LogP contribution is -2.26. The second kappa shape index (κ2) is 3.72. The third-order valence-corrected chi connectivity index (χ3v) is 3.08. The van der Waals surface area contributed by atoms with Crippen molar-refractivity contribution in [2.75, 3.05) is 13.6 Å². The lowest BCUT2D eigenvalue weighted by Gasteiger charge is -2.22. The number of H-pyrrole nitrogens is 1. The molecule has 0 saturated heterocycles. The van der Waals surface area contributed by atoms with E-state index >= 15 is 0 Å². The summed E-state index contributed by atoms with van der Waals surface area (Å²) < 4.78 is 0. The van der Waals surface area contributed by atoms with Crippen LogP contribution < -0.4 is 0 Å². The fourth-order valence-electron chi connectivity index (χ4n) is 2.18. The van der Waals surface area contributed by atoms with Gasteiger partial charge in [-0.05, 0) is 19.2 Å². The molecule has 3 heterocycles. The molecule has 16 heavy (non-hydrogen) atoms. The van der Waals surface area contributed by atoms with Gasteiger partial charge in [-0.3, -0.25) is 10.1 Å². The number of nitrogens with one attached hydrogen (secondary N) is 1. The molecule has 0 saturated carbocycles. The zero-order valence-electron chi connectivity index (χ0n) is 9.27. The maximum Gasteiger partial charge on any atom is 0.0969 e. The van der Waals surface area contributed by atoms with Crippen LogP contribution in [0.3, 0.4) is 0 Å². The van der Waals surface area contributed by atoms with Gasteiger partial charge in [0.2, 0.25) is 0 Å². The molecule has 1 aliphatic rings. The van der Waals surface area contributed by atoms with E-state index in [-0.39, 0.29) is 0 Å². The minimum Gasteiger partial charge on any atom is -0.302 e. The molecule has 0 aliphatic carbocycles. The van der Waals surface area contributed by atoms with Gasteiger partial charge in [0.15, 0.2) is 0 Å². The Bertz CT molecular complexity index is 489. The maximum atomic E-state index is 4.42. The first-order valence-corrected chi connectivity index (χ1v) is 5.49. The minimum absolute atomic E-state index is 0.976. The number of aromatic amines is 1. The van der Waals surface area contributed by atoms with Crippen LogP contribution in [0.5, 0.6) is 0 Å². The van der Waals surface area contributed by atoms with Crippen molar-refractivity contribution >= 4 is 0 Å². The van der Waals surface area contributed by atoms with E-state index in [0.717, 1.165) is 30.8 Å². The average molecular weight is 214 g/mol. The molecule has 0 fully saturated rings. The van der Waals surface area contributed by atoms with Crippen molar-refractivity contribution in [3.05, 3.63) is 35.8 Å². The monoisotopic (exact) mass is 214 g/mol. The highest BCUT2D eigenvalue weighted by atomic mass is 15.2. The van der Waals surface area contributed by atoms with Gasteiger partial charge >= 0.3 is 0 Å². The van der Waals surface area contributed by atoms with E-state index < -0.39 is 0 Å². The van der Waals surface area contributed by atoms with Gasteiger partial charge < -0.3 is 4.90 Å². The maximum absolute atomic E-state index is 4.42. The summed E-state index contributed by atoms with van der Waals surface area (Å²) in [6.07, 6.45) is 4.68. The molecule has 0 unspecified atom stereocenters. The molecule has 0 radical (unpaired) electrons. The molecule has 82 valence electrons. The molecule has 3 rings (SSSR count). The fourth-order valence-corrected chi connectivity index (χ4v) is 2.18. The Labute approximate surface area is 94.3 Å². The summed E-state index contributed by atoms with van der Waals surface area (Å²) in [6, 6.07) is 4.01. The standard InChI is InChI=1S/C12H14N4/c1-16-7-4-11-10(8-16)12(15-14-11)9-2-5-13-6-3-9/h2-3,5-6H,4,7-8H2,1H3,(H,14,15). The smallest absolute Gasteiger partial charge is 0.0969 e. The van der Waals surface area contributed by atoms with Crippen LogP contribution in [0.15, 0.2) is 24.5 Å². The number of hydrogen-bond acceptors (Lipinski definition) is 3. The van der Waals surface area contributed by atoms with Gasteiger partial charge in [0.1, 0.15) is 0 Å². The Balaban J connectivity index is 2.07. The number of pyridine rings is 1. The number of aromatic nitrogens is 3.